The van der Waals surface area contributed by atoms with E-state index in [1.54, 1.807) is 12.0 Å². The Morgan fingerprint density at radius 1 is 1.26 bits per heavy atom. The van der Waals surface area contributed by atoms with Crippen LogP contribution in [0, 0.1) is 13.8 Å². The molecule has 1 aromatic carbocycles. The van der Waals surface area contributed by atoms with Gasteiger partial charge < -0.3 is 15.0 Å². The molecule has 0 atom stereocenters. The van der Waals surface area contributed by atoms with Gasteiger partial charge in [-0.25, -0.2) is 4.98 Å². The van der Waals surface area contributed by atoms with E-state index in [9.17, 15) is 9.59 Å². The van der Waals surface area contributed by atoms with Crippen LogP contribution in [-0.4, -0.2) is 41.9 Å². The van der Waals surface area contributed by atoms with E-state index in [0.717, 1.165) is 47.4 Å². The van der Waals surface area contributed by atoms with Gasteiger partial charge in [0, 0.05) is 23.9 Å². The second-order valence-electron chi connectivity index (χ2n) is 6.85. The molecule has 7 heteroatoms. The highest BCUT2D eigenvalue weighted by Crippen LogP contribution is 2.32. The van der Waals surface area contributed by atoms with Gasteiger partial charge in [-0.2, -0.15) is 0 Å². The van der Waals surface area contributed by atoms with Crippen molar-refractivity contribution in [3.05, 3.63) is 28.6 Å². The number of benzene rings is 1. The number of carbonyl (C=O) groups excluding carboxylic acids is 2. The fourth-order valence-corrected chi connectivity index (χ4v) is 4.01. The van der Waals surface area contributed by atoms with Crippen LogP contribution in [0.15, 0.2) is 17.5 Å². The smallest absolute Gasteiger partial charge is 0.245 e. The first kappa shape index (κ1) is 19.4. The summed E-state index contributed by atoms with van der Waals surface area (Å²) in [4.78, 5) is 30.6. The molecule has 1 saturated heterocycles. The van der Waals surface area contributed by atoms with E-state index in [-0.39, 0.29) is 18.4 Å². The maximum Gasteiger partial charge on any atom is 0.245 e. The highest BCUT2D eigenvalue weighted by atomic mass is 32.1. The fraction of sp³-hybridized carbons (Fsp3) is 0.450. The quantitative estimate of drug-likeness (QED) is 0.848. The van der Waals surface area contributed by atoms with Crippen molar-refractivity contribution in [3.8, 4) is 17.0 Å². The van der Waals surface area contributed by atoms with Crippen molar-refractivity contribution in [1.82, 2.24) is 9.88 Å². The van der Waals surface area contributed by atoms with Crippen LogP contribution in [0.25, 0.3) is 11.3 Å². The Hall–Kier alpha value is -2.41. The number of likely N-dealkylation sites (tertiary alicyclic amines) is 1. The number of anilines is 1. The van der Waals surface area contributed by atoms with Gasteiger partial charge in [0.2, 0.25) is 11.8 Å². The molecule has 1 fully saturated rings. The van der Waals surface area contributed by atoms with Crippen LogP contribution in [0.3, 0.4) is 0 Å². The first-order valence-electron chi connectivity index (χ1n) is 9.16. The lowest BCUT2D eigenvalue weighted by Gasteiger charge is -2.19. The molecule has 1 N–H and O–H groups in total. The second kappa shape index (κ2) is 8.52. The lowest BCUT2D eigenvalue weighted by molar-refractivity contribution is -0.134. The standard InChI is InChI=1S/C20H25N3O3S/c1-13-10-17(26-3)14(2)9-15(13)16-12-27-20(21-16)22-18(24)11-23-8-6-4-5-7-19(23)25/h9-10,12H,4-8,11H2,1-3H3,(H,21,22,24). The molecular weight excluding hydrogens is 362 g/mol. The van der Waals surface area contributed by atoms with Crippen LogP contribution in [0.5, 0.6) is 5.75 Å². The molecule has 1 aromatic heterocycles. The molecule has 1 aliphatic rings. The number of rotatable bonds is 5. The predicted molar refractivity (Wildman–Crippen MR) is 107 cm³/mol. The molecule has 0 bridgehead atoms. The summed E-state index contributed by atoms with van der Waals surface area (Å²) in [5, 5.41) is 5.30. The van der Waals surface area contributed by atoms with Crippen molar-refractivity contribution in [2.24, 2.45) is 0 Å². The largest absolute Gasteiger partial charge is 0.496 e. The number of methoxy groups -OCH3 is 1. The van der Waals surface area contributed by atoms with E-state index in [4.69, 9.17) is 4.74 Å². The minimum Gasteiger partial charge on any atom is -0.496 e. The monoisotopic (exact) mass is 387 g/mol. The van der Waals surface area contributed by atoms with Crippen molar-refractivity contribution in [1.29, 1.82) is 0 Å². The normalized spacial score (nSPS) is 14.8. The zero-order chi connectivity index (χ0) is 19.4. The van der Waals surface area contributed by atoms with E-state index < -0.39 is 0 Å². The van der Waals surface area contributed by atoms with Crippen molar-refractivity contribution in [2.45, 2.75) is 39.5 Å². The third-order valence-electron chi connectivity index (χ3n) is 4.77. The number of nitrogens with one attached hydrogen (secondary N) is 1. The lowest BCUT2D eigenvalue weighted by atomic mass is 10.0. The second-order valence-corrected chi connectivity index (χ2v) is 7.71. The number of hydrogen-bond donors (Lipinski definition) is 1. The molecule has 0 aliphatic carbocycles. The molecule has 0 radical (unpaired) electrons. The zero-order valence-corrected chi connectivity index (χ0v) is 16.8. The third kappa shape index (κ3) is 4.66. The Morgan fingerprint density at radius 2 is 2.07 bits per heavy atom. The average molecular weight is 388 g/mol. The van der Waals surface area contributed by atoms with E-state index in [0.29, 0.717) is 18.1 Å². The first-order chi connectivity index (χ1) is 13.0. The molecule has 2 heterocycles. The predicted octanol–water partition coefficient (Wildman–Crippen LogP) is 3.78. The fourth-order valence-electron chi connectivity index (χ4n) is 3.28. The SMILES string of the molecule is COc1cc(C)c(-c2csc(NC(=O)CN3CCCCCC3=O)n2)cc1C. The Kier molecular flexibility index (Phi) is 6.11. The van der Waals surface area contributed by atoms with Gasteiger partial charge in [-0.1, -0.05) is 6.42 Å². The first-order valence-corrected chi connectivity index (χ1v) is 10.0. The number of carbonyl (C=O) groups is 2. The molecule has 0 saturated carbocycles. The third-order valence-corrected chi connectivity index (χ3v) is 5.53. The van der Waals surface area contributed by atoms with Crippen LogP contribution in [0.4, 0.5) is 5.13 Å². The summed E-state index contributed by atoms with van der Waals surface area (Å²) in [6.45, 7) is 4.75. The van der Waals surface area contributed by atoms with Crippen molar-refractivity contribution < 1.29 is 14.3 Å². The van der Waals surface area contributed by atoms with Crippen LogP contribution >= 0.6 is 11.3 Å². The van der Waals surface area contributed by atoms with Gasteiger partial charge >= 0.3 is 0 Å². The molecule has 0 unspecified atom stereocenters. The van der Waals surface area contributed by atoms with Crippen LogP contribution < -0.4 is 10.1 Å². The Balaban J connectivity index is 1.68. The summed E-state index contributed by atoms with van der Waals surface area (Å²) < 4.78 is 5.36. The highest BCUT2D eigenvalue weighted by molar-refractivity contribution is 7.14. The number of nitrogens with zero attached hydrogens (tertiary/aromatic N) is 2. The van der Waals surface area contributed by atoms with Crippen LogP contribution in [-0.2, 0) is 9.59 Å². The summed E-state index contributed by atoms with van der Waals surface area (Å²) in [6.07, 6.45) is 3.44. The lowest BCUT2D eigenvalue weighted by Crippen LogP contribution is -2.37. The van der Waals surface area contributed by atoms with Crippen LogP contribution in [0.2, 0.25) is 0 Å². The zero-order valence-electron chi connectivity index (χ0n) is 16.0. The number of aromatic nitrogens is 1. The molecule has 2 aromatic rings. The minimum atomic E-state index is -0.200. The molecule has 27 heavy (non-hydrogen) atoms. The number of amides is 2. The Labute approximate surface area is 163 Å². The topological polar surface area (TPSA) is 71.5 Å². The maximum atomic E-state index is 12.3. The molecule has 2 amide bonds. The van der Waals surface area contributed by atoms with Gasteiger partial charge in [-0.3, -0.25) is 9.59 Å². The molecule has 0 spiro atoms. The Morgan fingerprint density at radius 3 is 2.85 bits per heavy atom. The summed E-state index contributed by atoms with van der Waals surface area (Å²) >= 11 is 1.39. The van der Waals surface area contributed by atoms with Gasteiger partial charge in [-0.15, -0.1) is 11.3 Å². The van der Waals surface area contributed by atoms with Crippen molar-refractivity contribution in [3.63, 3.8) is 0 Å². The maximum absolute atomic E-state index is 12.3. The molecule has 3 rings (SSSR count). The highest BCUT2D eigenvalue weighted by Gasteiger charge is 2.20. The average Bonchev–Trinajstić information content (AvgIpc) is 3.00. The van der Waals surface area contributed by atoms with Gasteiger partial charge in [0.15, 0.2) is 5.13 Å². The summed E-state index contributed by atoms with van der Waals surface area (Å²) in [6, 6.07) is 4.04. The summed E-state index contributed by atoms with van der Waals surface area (Å²) in [7, 11) is 1.66. The van der Waals surface area contributed by atoms with E-state index >= 15 is 0 Å². The molecule has 1 aliphatic heterocycles. The summed E-state index contributed by atoms with van der Waals surface area (Å²) in [5.74, 6) is 0.711. The minimum absolute atomic E-state index is 0.0619. The number of thiazole rings is 1. The van der Waals surface area contributed by atoms with Gasteiger partial charge in [-0.05, 0) is 49.9 Å². The van der Waals surface area contributed by atoms with E-state index in [1.807, 2.05) is 31.4 Å². The molecule has 144 valence electrons. The summed E-state index contributed by atoms with van der Waals surface area (Å²) in [5.41, 5.74) is 3.95. The van der Waals surface area contributed by atoms with Crippen molar-refractivity contribution >= 4 is 28.3 Å². The van der Waals surface area contributed by atoms with Gasteiger partial charge in [0.25, 0.3) is 0 Å². The van der Waals surface area contributed by atoms with Gasteiger partial charge in [0.1, 0.15) is 5.75 Å². The number of ether oxygens (including phenoxy) is 1. The van der Waals surface area contributed by atoms with Crippen molar-refractivity contribution in [2.75, 3.05) is 25.5 Å². The molecular formula is C20H25N3O3S. The Bertz CT molecular complexity index is 847. The molecule has 6 nitrogen and oxygen atoms in total. The number of hydrogen-bond acceptors (Lipinski definition) is 5. The number of aryl methyl sites for hydroxylation is 2. The van der Waals surface area contributed by atoms with E-state index in [1.165, 1.54) is 11.3 Å². The van der Waals surface area contributed by atoms with E-state index in [2.05, 4.69) is 10.3 Å². The van der Waals surface area contributed by atoms with Gasteiger partial charge in [0.05, 0.1) is 19.3 Å². The van der Waals surface area contributed by atoms with Crippen LogP contribution in [0.1, 0.15) is 36.8 Å².